The van der Waals surface area contributed by atoms with Gasteiger partial charge in [-0.05, 0) is 31.3 Å². The van der Waals surface area contributed by atoms with Crippen molar-refractivity contribution in [3.63, 3.8) is 0 Å². The van der Waals surface area contributed by atoms with E-state index < -0.39 is 6.09 Å². The Morgan fingerprint density at radius 3 is 2.33 bits per heavy atom. The van der Waals surface area contributed by atoms with E-state index in [1.165, 1.54) is 19.7 Å². The first-order valence-corrected chi connectivity index (χ1v) is 8.14. The van der Waals surface area contributed by atoms with Crippen LogP contribution in [0.15, 0.2) is 24.3 Å². The summed E-state index contributed by atoms with van der Waals surface area (Å²) in [6.07, 6.45) is -0.496. The van der Waals surface area contributed by atoms with E-state index in [9.17, 15) is 9.59 Å². The van der Waals surface area contributed by atoms with Gasteiger partial charge >= 0.3 is 6.09 Å². The van der Waals surface area contributed by atoms with Gasteiger partial charge in [0.15, 0.2) is 0 Å². The molecule has 1 aromatic carbocycles. The van der Waals surface area contributed by atoms with E-state index in [-0.39, 0.29) is 5.91 Å². The highest BCUT2D eigenvalue weighted by Crippen LogP contribution is 2.22. The van der Waals surface area contributed by atoms with Gasteiger partial charge in [-0.2, -0.15) is 0 Å². The minimum Gasteiger partial charge on any atom is -0.453 e. The third-order valence-electron chi connectivity index (χ3n) is 4.20. The Bertz CT molecular complexity index is 553. The van der Waals surface area contributed by atoms with Crippen LogP contribution in [0.1, 0.15) is 6.92 Å². The van der Waals surface area contributed by atoms with Crippen LogP contribution in [0.3, 0.4) is 0 Å². The standard InChI is InChI=1S/C17H26N4O3/c1-14(22)21(9-8-18-17(23)24-3)16-6-4-15(5-7-16)20-12-10-19(2)11-13-20/h4-7H,8-13H2,1-3H3,(H,18,23). The lowest BCUT2D eigenvalue weighted by Crippen LogP contribution is -2.44. The number of hydrogen-bond acceptors (Lipinski definition) is 5. The first kappa shape index (κ1) is 18.1. The van der Waals surface area contributed by atoms with Crippen LogP contribution < -0.4 is 15.1 Å². The summed E-state index contributed by atoms with van der Waals surface area (Å²) in [6, 6.07) is 8.00. The van der Waals surface area contributed by atoms with Gasteiger partial charge < -0.3 is 24.8 Å². The number of benzene rings is 1. The number of nitrogens with one attached hydrogen (secondary N) is 1. The molecule has 0 spiro atoms. The smallest absolute Gasteiger partial charge is 0.406 e. The number of carbonyl (C=O) groups is 2. The SMILES string of the molecule is COC(=O)NCCN(C(C)=O)c1ccc(N2CCN(C)CC2)cc1. The van der Waals surface area contributed by atoms with Gasteiger partial charge in [-0.25, -0.2) is 4.79 Å². The van der Waals surface area contributed by atoms with Crippen LogP contribution in [-0.2, 0) is 9.53 Å². The van der Waals surface area contributed by atoms with E-state index in [1.807, 2.05) is 24.3 Å². The van der Waals surface area contributed by atoms with Crippen molar-refractivity contribution in [3.8, 4) is 0 Å². The number of nitrogens with zero attached hydrogens (tertiary/aromatic N) is 3. The lowest BCUT2D eigenvalue weighted by Gasteiger charge is -2.34. The van der Waals surface area contributed by atoms with Crippen molar-refractivity contribution in [2.45, 2.75) is 6.92 Å². The second kappa shape index (κ2) is 8.54. The molecule has 132 valence electrons. The normalized spacial score (nSPS) is 15.0. The molecule has 7 heteroatoms. The number of likely N-dealkylation sites (N-methyl/N-ethyl adjacent to an activating group) is 1. The Morgan fingerprint density at radius 1 is 1.17 bits per heavy atom. The summed E-state index contributed by atoms with van der Waals surface area (Å²) in [4.78, 5) is 29.3. The molecule has 24 heavy (non-hydrogen) atoms. The summed E-state index contributed by atoms with van der Waals surface area (Å²) in [5, 5.41) is 2.59. The molecule has 0 radical (unpaired) electrons. The van der Waals surface area contributed by atoms with Crippen LogP contribution in [-0.4, -0.2) is 70.3 Å². The average molecular weight is 334 g/mol. The predicted octanol–water partition coefficient (Wildman–Crippen LogP) is 1.15. The number of amides is 2. The van der Waals surface area contributed by atoms with Crippen molar-refractivity contribution < 1.29 is 14.3 Å². The van der Waals surface area contributed by atoms with E-state index in [4.69, 9.17) is 0 Å². The molecule has 0 bridgehead atoms. The second-order valence-corrected chi connectivity index (χ2v) is 5.90. The molecule has 0 aliphatic carbocycles. The third kappa shape index (κ3) is 4.86. The monoisotopic (exact) mass is 334 g/mol. The van der Waals surface area contributed by atoms with Gasteiger partial charge in [0.25, 0.3) is 0 Å². The van der Waals surface area contributed by atoms with Gasteiger partial charge in [-0.15, -0.1) is 0 Å². The molecule has 1 saturated heterocycles. The maximum Gasteiger partial charge on any atom is 0.406 e. The summed E-state index contributed by atoms with van der Waals surface area (Å²) in [6.45, 7) is 6.39. The van der Waals surface area contributed by atoms with Gasteiger partial charge in [-0.3, -0.25) is 4.79 Å². The molecular weight excluding hydrogens is 308 g/mol. The number of hydrogen-bond donors (Lipinski definition) is 1. The fourth-order valence-corrected chi connectivity index (χ4v) is 2.72. The zero-order valence-corrected chi connectivity index (χ0v) is 14.6. The van der Waals surface area contributed by atoms with Gasteiger partial charge in [-0.1, -0.05) is 0 Å². The van der Waals surface area contributed by atoms with Gasteiger partial charge in [0.1, 0.15) is 0 Å². The Labute approximate surface area is 143 Å². The molecular formula is C17H26N4O3. The lowest BCUT2D eigenvalue weighted by molar-refractivity contribution is -0.116. The van der Waals surface area contributed by atoms with Crippen LogP contribution in [0, 0.1) is 0 Å². The zero-order chi connectivity index (χ0) is 17.5. The zero-order valence-electron chi connectivity index (χ0n) is 14.6. The van der Waals surface area contributed by atoms with Crippen molar-refractivity contribution in [1.29, 1.82) is 0 Å². The third-order valence-corrected chi connectivity index (χ3v) is 4.20. The lowest BCUT2D eigenvalue weighted by atomic mass is 10.2. The van der Waals surface area contributed by atoms with Gasteiger partial charge in [0, 0.05) is 57.6 Å². The number of piperazine rings is 1. The fourth-order valence-electron chi connectivity index (χ4n) is 2.72. The largest absolute Gasteiger partial charge is 0.453 e. The highest BCUT2D eigenvalue weighted by molar-refractivity contribution is 5.91. The molecule has 0 saturated carbocycles. The molecule has 0 aromatic heterocycles. The second-order valence-electron chi connectivity index (χ2n) is 5.90. The Hall–Kier alpha value is -2.28. The minimum absolute atomic E-state index is 0.0611. The highest BCUT2D eigenvalue weighted by Gasteiger charge is 2.16. The van der Waals surface area contributed by atoms with Crippen LogP contribution in [0.4, 0.5) is 16.2 Å². The number of rotatable bonds is 5. The molecule has 1 aromatic rings. The van der Waals surface area contributed by atoms with Crippen molar-refractivity contribution in [2.24, 2.45) is 0 Å². The highest BCUT2D eigenvalue weighted by atomic mass is 16.5. The van der Waals surface area contributed by atoms with E-state index in [0.29, 0.717) is 13.1 Å². The number of alkyl carbamates (subject to hydrolysis) is 1. The predicted molar refractivity (Wildman–Crippen MR) is 94.6 cm³/mol. The van der Waals surface area contributed by atoms with Crippen LogP contribution in [0.5, 0.6) is 0 Å². The quantitative estimate of drug-likeness (QED) is 0.875. The Kier molecular flexibility index (Phi) is 6.43. The van der Waals surface area contributed by atoms with Crippen LogP contribution >= 0.6 is 0 Å². The molecule has 7 nitrogen and oxygen atoms in total. The van der Waals surface area contributed by atoms with Gasteiger partial charge in [0.05, 0.1) is 7.11 Å². The van der Waals surface area contributed by atoms with Crippen molar-refractivity contribution in [1.82, 2.24) is 10.2 Å². The number of anilines is 2. The Balaban J connectivity index is 1.97. The molecule has 2 rings (SSSR count). The van der Waals surface area contributed by atoms with E-state index >= 15 is 0 Å². The molecule has 1 N–H and O–H groups in total. The number of ether oxygens (including phenoxy) is 1. The van der Waals surface area contributed by atoms with E-state index in [1.54, 1.807) is 4.90 Å². The summed E-state index contributed by atoms with van der Waals surface area (Å²) in [5.74, 6) is -0.0611. The van der Waals surface area contributed by atoms with E-state index in [0.717, 1.165) is 31.9 Å². The molecule has 0 unspecified atom stereocenters. The maximum atomic E-state index is 11.9. The number of methoxy groups -OCH3 is 1. The van der Waals surface area contributed by atoms with Crippen molar-refractivity contribution >= 4 is 23.4 Å². The van der Waals surface area contributed by atoms with Crippen molar-refractivity contribution in [2.75, 3.05) is 63.2 Å². The number of carbonyl (C=O) groups excluding carboxylic acids is 2. The molecule has 1 fully saturated rings. The topological polar surface area (TPSA) is 65.1 Å². The fraction of sp³-hybridized carbons (Fsp3) is 0.529. The first-order chi connectivity index (χ1) is 11.5. The minimum atomic E-state index is -0.496. The summed E-state index contributed by atoms with van der Waals surface area (Å²) in [7, 11) is 3.45. The van der Waals surface area contributed by atoms with Crippen molar-refractivity contribution in [3.05, 3.63) is 24.3 Å². The van der Waals surface area contributed by atoms with E-state index in [2.05, 4.69) is 26.9 Å². The van der Waals surface area contributed by atoms with Gasteiger partial charge in [0.2, 0.25) is 5.91 Å². The summed E-state index contributed by atoms with van der Waals surface area (Å²) in [5.41, 5.74) is 2.00. The summed E-state index contributed by atoms with van der Waals surface area (Å²) < 4.78 is 4.53. The molecule has 2 amide bonds. The molecule has 1 heterocycles. The molecule has 1 aliphatic heterocycles. The van der Waals surface area contributed by atoms with Crippen LogP contribution in [0.2, 0.25) is 0 Å². The molecule has 0 atom stereocenters. The maximum absolute atomic E-state index is 11.9. The molecule has 1 aliphatic rings. The average Bonchev–Trinajstić information content (AvgIpc) is 2.59. The summed E-state index contributed by atoms with van der Waals surface area (Å²) >= 11 is 0. The Morgan fingerprint density at radius 2 is 1.79 bits per heavy atom. The first-order valence-electron chi connectivity index (χ1n) is 8.14. The van der Waals surface area contributed by atoms with Crippen LogP contribution in [0.25, 0.3) is 0 Å².